The first-order valence-electron chi connectivity index (χ1n) is 9.65. The molecule has 0 saturated carbocycles. The molecular weight excluding hydrogens is 360 g/mol. The minimum absolute atomic E-state index is 0.0651. The van der Waals surface area contributed by atoms with Crippen LogP contribution in [-0.2, 0) is 16.1 Å². The van der Waals surface area contributed by atoms with Gasteiger partial charge in [-0.15, -0.1) is 5.10 Å². The number of aromatic nitrogens is 3. The number of benzene rings is 1. The molecule has 9 nitrogen and oxygen atoms in total. The minimum Gasteiger partial charge on any atom is -0.369 e. The number of primary amides is 1. The molecule has 0 aliphatic carbocycles. The summed E-state index contributed by atoms with van der Waals surface area (Å²) in [5.41, 5.74) is 5.69. The van der Waals surface area contributed by atoms with Gasteiger partial charge in [0.25, 0.3) is 5.56 Å². The Hall–Kier alpha value is -2.81. The zero-order valence-electron chi connectivity index (χ0n) is 15.8. The van der Waals surface area contributed by atoms with Gasteiger partial charge in [0.15, 0.2) is 0 Å². The van der Waals surface area contributed by atoms with E-state index in [1.54, 1.807) is 24.3 Å². The molecule has 0 bridgehead atoms. The number of fused-ring (bicyclic) bond motifs is 1. The van der Waals surface area contributed by atoms with Crippen molar-refractivity contribution in [2.75, 3.05) is 26.2 Å². The smallest absolute Gasteiger partial charge is 0.277 e. The van der Waals surface area contributed by atoms with Crippen LogP contribution >= 0.6 is 0 Å². The fraction of sp³-hybridized carbons (Fsp3) is 0.526. The highest BCUT2D eigenvalue weighted by Crippen LogP contribution is 2.15. The first kappa shape index (κ1) is 19.9. The number of amides is 2. The van der Waals surface area contributed by atoms with Crippen molar-refractivity contribution in [2.45, 2.75) is 32.2 Å². The van der Waals surface area contributed by atoms with E-state index < -0.39 is 0 Å². The summed E-state index contributed by atoms with van der Waals surface area (Å²) in [6, 6.07) is 7.00. The van der Waals surface area contributed by atoms with Crippen LogP contribution in [0, 0.1) is 5.92 Å². The van der Waals surface area contributed by atoms with E-state index in [4.69, 9.17) is 5.73 Å². The van der Waals surface area contributed by atoms with E-state index in [9.17, 15) is 14.4 Å². The number of likely N-dealkylation sites (tertiary alicyclic amines) is 1. The molecule has 1 fully saturated rings. The van der Waals surface area contributed by atoms with Crippen LogP contribution in [0.25, 0.3) is 10.9 Å². The summed E-state index contributed by atoms with van der Waals surface area (Å²) < 4.78 is 1.22. The molecule has 1 aromatic carbocycles. The van der Waals surface area contributed by atoms with E-state index in [-0.39, 0.29) is 36.3 Å². The quantitative estimate of drug-likeness (QED) is 0.610. The van der Waals surface area contributed by atoms with Crippen molar-refractivity contribution < 1.29 is 9.59 Å². The van der Waals surface area contributed by atoms with Crippen LogP contribution in [-0.4, -0.2) is 57.9 Å². The summed E-state index contributed by atoms with van der Waals surface area (Å²) in [6.07, 6.45) is 2.80. The van der Waals surface area contributed by atoms with E-state index in [2.05, 4.69) is 20.5 Å². The second kappa shape index (κ2) is 9.41. The van der Waals surface area contributed by atoms with Crippen molar-refractivity contribution in [3.05, 3.63) is 34.6 Å². The van der Waals surface area contributed by atoms with E-state index in [0.717, 1.165) is 32.4 Å². The lowest BCUT2D eigenvalue weighted by Crippen LogP contribution is -2.42. The average molecular weight is 386 g/mol. The predicted molar refractivity (Wildman–Crippen MR) is 104 cm³/mol. The second-order valence-corrected chi connectivity index (χ2v) is 7.13. The van der Waals surface area contributed by atoms with Crippen LogP contribution in [0.4, 0.5) is 0 Å². The van der Waals surface area contributed by atoms with E-state index in [0.29, 0.717) is 24.0 Å². The monoisotopic (exact) mass is 386 g/mol. The highest BCUT2D eigenvalue weighted by atomic mass is 16.2. The van der Waals surface area contributed by atoms with Crippen LogP contribution < -0.4 is 16.6 Å². The molecule has 0 spiro atoms. The highest BCUT2D eigenvalue weighted by Gasteiger charge is 2.23. The van der Waals surface area contributed by atoms with Gasteiger partial charge in [0.1, 0.15) is 5.52 Å². The fourth-order valence-electron chi connectivity index (χ4n) is 3.49. The highest BCUT2D eigenvalue weighted by molar-refractivity contribution is 5.77. The normalized spacial score (nSPS) is 17.5. The molecule has 1 saturated heterocycles. The lowest BCUT2D eigenvalue weighted by molar-refractivity contribution is -0.123. The molecule has 1 aromatic heterocycles. The number of hydrogen-bond acceptors (Lipinski definition) is 6. The Morgan fingerprint density at radius 2 is 2.07 bits per heavy atom. The van der Waals surface area contributed by atoms with Crippen molar-refractivity contribution in [1.82, 2.24) is 25.2 Å². The lowest BCUT2D eigenvalue weighted by atomic mass is 9.97. The summed E-state index contributed by atoms with van der Waals surface area (Å²) in [7, 11) is 0. The number of carbonyl (C=O) groups excluding carboxylic acids is 2. The Morgan fingerprint density at radius 1 is 1.25 bits per heavy atom. The summed E-state index contributed by atoms with van der Waals surface area (Å²) in [5, 5.41) is 11.3. The molecule has 2 heterocycles. The van der Waals surface area contributed by atoms with Crippen molar-refractivity contribution in [3.8, 4) is 0 Å². The molecule has 3 rings (SSSR count). The molecule has 3 N–H and O–H groups in total. The van der Waals surface area contributed by atoms with Crippen LogP contribution in [0.15, 0.2) is 29.1 Å². The third-order valence-electron chi connectivity index (χ3n) is 5.06. The van der Waals surface area contributed by atoms with E-state index in [1.807, 2.05) is 0 Å². The molecular formula is C19H26N6O3. The molecule has 28 heavy (non-hydrogen) atoms. The third kappa shape index (κ3) is 5.13. The molecule has 1 aliphatic heterocycles. The zero-order valence-corrected chi connectivity index (χ0v) is 15.8. The maximum absolute atomic E-state index is 12.3. The van der Waals surface area contributed by atoms with E-state index >= 15 is 0 Å². The third-order valence-corrected chi connectivity index (χ3v) is 5.06. The van der Waals surface area contributed by atoms with Crippen molar-refractivity contribution >= 4 is 22.7 Å². The first-order valence-corrected chi connectivity index (χ1v) is 9.65. The standard InChI is InChI=1S/C19H26N6O3/c20-18(27)14-5-3-10-24(13-14)11-4-9-21-17(26)8-12-25-19(28)15-6-1-2-7-16(15)22-23-25/h1-2,6-7,14H,3-5,8-13H2,(H2,20,27)(H,21,26). The molecule has 1 aliphatic rings. The number of rotatable bonds is 8. The van der Waals surface area contributed by atoms with Crippen LogP contribution in [0.1, 0.15) is 25.7 Å². The molecule has 150 valence electrons. The summed E-state index contributed by atoms with van der Waals surface area (Å²) in [4.78, 5) is 37.9. The van der Waals surface area contributed by atoms with Crippen LogP contribution in [0.2, 0.25) is 0 Å². The number of hydrogen-bond donors (Lipinski definition) is 2. The van der Waals surface area contributed by atoms with Gasteiger partial charge in [0, 0.05) is 19.5 Å². The van der Waals surface area contributed by atoms with Gasteiger partial charge in [-0.1, -0.05) is 17.3 Å². The molecule has 9 heteroatoms. The Labute approximate surface area is 162 Å². The Balaban J connectivity index is 1.39. The van der Waals surface area contributed by atoms with Gasteiger partial charge in [-0.25, -0.2) is 4.68 Å². The molecule has 1 unspecified atom stereocenters. The molecule has 0 radical (unpaired) electrons. The Morgan fingerprint density at radius 3 is 2.89 bits per heavy atom. The molecule has 1 atom stereocenters. The number of nitrogens with two attached hydrogens (primary N) is 1. The van der Waals surface area contributed by atoms with Gasteiger partial charge in [-0.05, 0) is 44.5 Å². The number of nitrogens with zero attached hydrogens (tertiary/aromatic N) is 4. The number of carbonyl (C=O) groups is 2. The Kier molecular flexibility index (Phi) is 6.70. The number of nitrogens with one attached hydrogen (secondary N) is 1. The molecule has 2 aromatic rings. The topological polar surface area (TPSA) is 123 Å². The van der Waals surface area contributed by atoms with E-state index in [1.165, 1.54) is 4.68 Å². The number of piperidine rings is 1. The largest absolute Gasteiger partial charge is 0.369 e. The first-order chi connectivity index (χ1) is 13.5. The van der Waals surface area contributed by atoms with Gasteiger partial charge in [0.05, 0.1) is 17.8 Å². The van der Waals surface area contributed by atoms with Crippen molar-refractivity contribution in [1.29, 1.82) is 0 Å². The van der Waals surface area contributed by atoms with Crippen LogP contribution in [0.3, 0.4) is 0 Å². The lowest BCUT2D eigenvalue weighted by Gasteiger charge is -2.31. The van der Waals surface area contributed by atoms with Gasteiger partial charge in [0.2, 0.25) is 11.8 Å². The summed E-state index contributed by atoms with van der Waals surface area (Å²) in [6.45, 7) is 3.22. The van der Waals surface area contributed by atoms with Crippen molar-refractivity contribution in [2.24, 2.45) is 11.7 Å². The zero-order chi connectivity index (χ0) is 19.9. The second-order valence-electron chi connectivity index (χ2n) is 7.13. The molecule has 2 amide bonds. The summed E-state index contributed by atoms with van der Waals surface area (Å²) in [5.74, 6) is -0.426. The van der Waals surface area contributed by atoms with Crippen molar-refractivity contribution in [3.63, 3.8) is 0 Å². The minimum atomic E-state index is -0.243. The van der Waals surface area contributed by atoms with Gasteiger partial charge >= 0.3 is 0 Å². The maximum Gasteiger partial charge on any atom is 0.277 e. The average Bonchev–Trinajstić information content (AvgIpc) is 2.71. The van der Waals surface area contributed by atoms with Crippen LogP contribution in [0.5, 0.6) is 0 Å². The Bertz CT molecular complexity index is 897. The number of aryl methyl sites for hydroxylation is 1. The van der Waals surface area contributed by atoms with Gasteiger partial charge in [-0.3, -0.25) is 14.4 Å². The summed E-state index contributed by atoms with van der Waals surface area (Å²) >= 11 is 0. The van der Waals surface area contributed by atoms with Gasteiger partial charge in [-0.2, -0.15) is 0 Å². The predicted octanol–water partition coefficient (Wildman–Crippen LogP) is -0.115. The maximum atomic E-state index is 12.3. The van der Waals surface area contributed by atoms with Gasteiger partial charge < -0.3 is 16.0 Å². The SMILES string of the molecule is NC(=O)C1CCCN(CCCNC(=O)CCn2nnc3ccccc3c2=O)C1. The fourth-order valence-corrected chi connectivity index (χ4v) is 3.49.